The molecule has 5 heteroatoms. The molecule has 19 heavy (non-hydrogen) atoms. The van der Waals surface area contributed by atoms with Gasteiger partial charge in [0.05, 0.1) is 5.39 Å². The Morgan fingerprint density at radius 1 is 1.16 bits per heavy atom. The first kappa shape index (κ1) is 11.9. The maximum absolute atomic E-state index is 9.07. The van der Waals surface area contributed by atoms with Gasteiger partial charge in [0.15, 0.2) is 10.4 Å². The van der Waals surface area contributed by atoms with Crippen LogP contribution in [0, 0.1) is 11.3 Å². The van der Waals surface area contributed by atoms with Crippen LogP contribution in [0.5, 0.6) is 5.75 Å². The first-order valence-corrected chi connectivity index (χ1v) is 6.36. The summed E-state index contributed by atoms with van der Waals surface area (Å²) >= 11 is 3.23. The van der Waals surface area contributed by atoms with E-state index >= 15 is 0 Å². The number of nitriles is 1. The summed E-state index contributed by atoms with van der Waals surface area (Å²) in [5, 5.41) is 9.85. The lowest BCUT2D eigenvalue weighted by atomic mass is 10.2. The number of furan rings is 2. The Hall–Kier alpha value is -2.19. The summed E-state index contributed by atoms with van der Waals surface area (Å²) in [6, 6.07) is 13.0. The van der Waals surface area contributed by atoms with Gasteiger partial charge in [-0.25, -0.2) is 0 Å². The number of benzene rings is 1. The Bertz CT molecular complexity index is 766. The molecule has 0 saturated heterocycles. The van der Waals surface area contributed by atoms with E-state index in [0.717, 1.165) is 5.39 Å². The second kappa shape index (κ2) is 4.82. The van der Waals surface area contributed by atoms with E-state index in [-0.39, 0.29) is 12.4 Å². The molecule has 0 radical (unpaired) electrons. The zero-order valence-corrected chi connectivity index (χ0v) is 11.3. The van der Waals surface area contributed by atoms with E-state index in [0.29, 0.717) is 21.8 Å². The Balaban J connectivity index is 1.93. The van der Waals surface area contributed by atoms with Crippen LogP contribution in [0.1, 0.15) is 11.5 Å². The molecule has 1 aromatic carbocycles. The molecule has 0 aliphatic rings. The maximum Gasteiger partial charge on any atom is 0.246 e. The van der Waals surface area contributed by atoms with Crippen LogP contribution in [-0.2, 0) is 6.61 Å². The molecule has 0 aliphatic heterocycles. The summed E-state index contributed by atoms with van der Waals surface area (Å²) in [6.45, 7) is 0.240. The maximum atomic E-state index is 9.07. The fourth-order valence-corrected chi connectivity index (χ4v) is 2.15. The van der Waals surface area contributed by atoms with E-state index < -0.39 is 0 Å². The van der Waals surface area contributed by atoms with E-state index in [1.165, 1.54) is 0 Å². The Labute approximate surface area is 117 Å². The minimum Gasteiger partial charge on any atom is -0.480 e. The Kier molecular flexibility index (Phi) is 3.02. The second-order valence-corrected chi connectivity index (χ2v) is 4.64. The van der Waals surface area contributed by atoms with Crippen molar-refractivity contribution in [2.75, 3.05) is 0 Å². The second-order valence-electron chi connectivity index (χ2n) is 3.86. The molecule has 2 heterocycles. The predicted molar refractivity (Wildman–Crippen MR) is 71.7 cm³/mol. The first-order chi connectivity index (χ1) is 9.28. The van der Waals surface area contributed by atoms with Crippen LogP contribution < -0.4 is 4.74 Å². The van der Waals surface area contributed by atoms with Crippen LogP contribution in [0.2, 0.25) is 0 Å². The highest BCUT2D eigenvalue weighted by Crippen LogP contribution is 2.33. The summed E-state index contributed by atoms with van der Waals surface area (Å²) in [5.74, 6) is 1.29. The summed E-state index contributed by atoms with van der Waals surface area (Å²) in [5.41, 5.74) is 0.634. The fraction of sp³-hybridized carbons (Fsp3) is 0.0714. The molecule has 0 spiro atoms. The van der Waals surface area contributed by atoms with Crippen LogP contribution >= 0.6 is 15.9 Å². The molecule has 0 atom stereocenters. The van der Waals surface area contributed by atoms with Crippen molar-refractivity contribution < 1.29 is 13.6 Å². The van der Waals surface area contributed by atoms with Crippen molar-refractivity contribution in [1.82, 2.24) is 0 Å². The first-order valence-electron chi connectivity index (χ1n) is 5.56. The number of ether oxygens (including phenoxy) is 1. The summed E-state index contributed by atoms with van der Waals surface area (Å²) in [4.78, 5) is 0. The van der Waals surface area contributed by atoms with Gasteiger partial charge < -0.3 is 13.6 Å². The van der Waals surface area contributed by atoms with E-state index in [2.05, 4.69) is 15.9 Å². The molecule has 0 amide bonds. The van der Waals surface area contributed by atoms with Gasteiger partial charge in [-0.1, -0.05) is 12.1 Å². The number of hydrogen-bond acceptors (Lipinski definition) is 4. The van der Waals surface area contributed by atoms with Crippen molar-refractivity contribution in [1.29, 1.82) is 5.26 Å². The van der Waals surface area contributed by atoms with Gasteiger partial charge in [-0.2, -0.15) is 5.26 Å². The van der Waals surface area contributed by atoms with Crippen LogP contribution in [0.15, 0.2) is 49.9 Å². The number of rotatable bonds is 3. The van der Waals surface area contributed by atoms with Crippen LogP contribution in [0.25, 0.3) is 11.0 Å². The molecule has 94 valence electrons. The average Bonchev–Trinajstić information content (AvgIpc) is 2.99. The number of fused-ring (bicyclic) bond motifs is 1. The topological polar surface area (TPSA) is 59.3 Å². The molecule has 0 N–H and O–H groups in total. The number of hydrogen-bond donors (Lipinski definition) is 0. The monoisotopic (exact) mass is 317 g/mol. The van der Waals surface area contributed by atoms with Crippen molar-refractivity contribution in [2.45, 2.75) is 6.61 Å². The SMILES string of the molecule is N#Cc1oc2ccccc2c1OCc1ccc(Br)o1. The van der Waals surface area contributed by atoms with Gasteiger partial charge in [-0.05, 0) is 40.2 Å². The van der Waals surface area contributed by atoms with Gasteiger partial charge in [-0.15, -0.1) is 0 Å². The van der Waals surface area contributed by atoms with Crippen molar-refractivity contribution in [2.24, 2.45) is 0 Å². The highest BCUT2D eigenvalue weighted by Gasteiger charge is 2.15. The van der Waals surface area contributed by atoms with Crippen molar-refractivity contribution in [3.8, 4) is 11.8 Å². The molecule has 3 aromatic rings. The smallest absolute Gasteiger partial charge is 0.246 e. The average molecular weight is 318 g/mol. The molecule has 0 fully saturated rings. The molecule has 0 saturated carbocycles. The summed E-state index contributed by atoms with van der Waals surface area (Å²) in [6.07, 6.45) is 0. The third kappa shape index (κ3) is 2.23. The highest BCUT2D eigenvalue weighted by molar-refractivity contribution is 9.10. The molecule has 0 bridgehead atoms. The standard InChI is InChI=1S/C14H8BrNO3/c15-13-6-5-9(18-13)8-17-14-10-3-1-2-4-11(10)19-12(14)7-16/h1-6H,8H2. The predicted octanol–water partition coefficient (Wildman–Crippen LogP) is 4.24. The van der Waals surface area contributed by atoms with Gasteiger partial charge in [0.25, 0.3) is 0 Å². The normalized spacial score (nSPS) is 10.5. The number of halogens is 1. The largest absolute Gasteiger partial charge is 0.480 e. The van der Waals surface area contributed by atoms with Gasteiger partial charge in [0.1, 0.15) is 24.0 Å². The van der Waals surface area contributed by atoms with E-state index in [4.69, 9.17) is 18.8 Å². The quantitative estimate of drug-likeness (QED) is 0.725. The minimum absolute atomic E-state index is 0.173. The van der Waals surface area contributed by atoms with E-state index in [1.54, 1.807) is 18.2 Å². The number of nitrogens with zero attached hydrogens (tertiary/aromatic N) is 1. The molecule has 0 aliphatic carbocycles. The summed E-state index contributed by atoms with van der Waals surface area (Å²) < 4.78 is 17.1. The number of para-hydroxylation sites is 1. The Morgan fingerprint density at radius 2 is 2.00 bits per heavy atom. The Morgan fingerprint density at radius 3 is 2.74 bits per heavy atom. The van der Waals surface area contributed by atoms with Crippen molar-refractivity contribution in [3.63, 3.8) is 0 Å². The molecular weight excluding hydrogens is 310 g/mol. The molecule has 0 unspecified atom stereocenters. The van der Waals surface area contributed by atoms with Crippen molar-refractivity contribution >= 4 is 26.9 Å². The van der Waals surface area contributed by atoms with E-state index in [1.807, 2.05) is 24.3 Å². The van der Waals surface area contributed by atoms with Gasteiger partial charge in [-0.3, -0.25) is 0 Å². The summed E-state index contributed by atoms with van der Waals surface area (Å²) in [7, 11) is 0. The van der Waals surface area contributed by atoms with Crippen molar-refractivity contribution in [3.05, 3.63) is 52.6 Å². The van der Waals surface area contributed by atoms with Crippen LogP contribution in [-0.4, -0.2) is 0 Å². The van der Waals surface area contributed by atoms with Crippen LogP contribution in [0.4, 0.5) is 0 Å². The zero-order chi connectivity index (χ0) is 13.2. The lowest BCUT2D eigenvalue weighted by molar-refractivity contribution is 0.266. The third-order valence-electron chi connectivity index (χ3n) is 2.64. The highest BCUT2D eigenvalue weighted by atomic mass is 79.9. The molecular formula is C14H8BrNO3. The lowest BCUT2D eigenvalue weighted by Gasteiger charge is -2.01. The molecule has 4 nitrogen and oxygen atoms in total. The fourth-order valence-electron chi connectivity index (χ4n) is 1.81. The third-order valence-corrected chi connectivity index (χ3v) is 3.07. The van der Waals surface area contributed by atoms with Gasteiger partial charge >= 0.3 is 0 Å². The molecule has 2 aromatic heterocycles. The van der Waals surface area contributed by atoms with E-state index in [9.17, 15) is 0 Å². The van der Waals surface area contributed by atoms with Crippen LogP contribution in [0.3, 0.4) is 0 Å². The molecule has 3 rings (SSSR count). The van der Waals surface area contributed by atoms with Gasteiger partial charge in [0.2, 0.25) is 5.76 Å². The minimum atomic E-state index is 0.173. The zero-order valence-electron chi connectivity index (χ0n) is 9.72. The van der Waals surface area contributed by atoms with Gasteiger partial charge in [0, 0.05) is 0 Å². The lowest BCUT2D eigenvalue weighted by Crippen LogP contribution is -1.94.